The molecule has 0 bridgehead atoms. The smallest absolute Gasteiger partial charge is 0.238 e. The van der Waals surface area contributed by atoms with E-state index >= 15 is 0 Å². The molecule has 0 saturated heterocycles. The second kappa shape index (κ2) is 6.80. The maximum atomic E-state index is 11.6. The number of aryl methyl sites for hydroxylation is 1. The summed E-state index contributed by atoms with van der Waals surface area (Å²) in [6.07, 6.45) is 0. The highest BCUT2D eigenvalue weighted by molar-refractivity contribution is 5.92. The van der Waals surface area contributed by atoms with E-state index in [1.807, 2.05) is 44.1 Å². The topological polar surface area (TPSA) is 58.4 Å². The van der Waals surface area contributed by atoms with E-state index in [-0.39, 0.29) is 5.91 Å². The molecule has 1 aromatic rings. The highest BCUT2D eigenvalue weighted by Gasteiger charge is 2.04. The number of hydrogen-bond donors (Lipinski definition) is 2. The molecule has 3 N–H and O–H groups in total. The first-order valence-corrected chi connectivity index (χ1v) is 5.77. The fraction of sp³-hybridized carbons (Fsp3) is 0.357. The first-order valence-electron chi connectivity index (χ1n) is 5.77. The van der Waals surface area contributed by atoms with Crippen LogP contribution in [-0.2, 0) is 4.79 Å². The van der Waals surface area contributed by atoms with Gasteiger partial charge in [-0.15, -0.1) is 0 Å². The minimum Gasteiger partial charge on any atom is -0.325 e. The predicted octanol–water partition coefficient (Wildman–Crippen LogP) is 0.805. The molecule has 1 amide bonds. The number of anilines is 1. The molecule has 0 aromatic heterocycles. The zero-order valence-corrected chi connectivity index (χ0v) is 11.1. The molecule has 0 fully saturated rings. The number of amides is 1. The summed E-state index contributed by atoms with van der Waals surface area (Å²) in [5, 5.41) is 2.84. The van der Waals surface area contributed by atoms with Crippen LogP contribution in [0.4, 0.5) is 5.69 Å². The summed E-state index contributed by atoms with van der Waals surface area (Å²) in [5.41, 5.74) is 8.07. The van der Waals surface area contributed by atoms with E-state index in [1.165, 1.54) is 0 Å². The van der Waals surface area contributed by atoms with Gasteiger partial charge in [0, 0.05) is 11.3 Å². The molecule has 0 heterocycles. The van der Waals surface area contributed by atoms with Gasteiger partial charge in [0.1, 0.15) is 0 Å². The zero-order chi connectivity index (χ0) is 13.5. The van der Waals surface area contributed by atoms with Crippen molar-refractivity contribution in [2.45, 2.75) is 6.92 Å². The van der Waals surface area contributed by atoms with Gasteiger partial charge in [-0.05, 0) is 38.7 Å². The van der Waals surface area contributed by atoms with Crippen LogP contribution in [0.5, 0.6) is 0 Å². The van der Waals surface area contributed by atoms with Gasteiger partial charge in [0.05, 0.1) is 13.1 Å². The van der Waals surface area contributed by atoms with Crippen LogP contribution < -0.4 is 11.1 Å². The summed E-state index contributed by atoms with van der Waals surface area (Å²) in [6.45, 7) is 2.67. The molecular weight excluding hydrogens is 226 g/mol. The van der Waals surface area contributed by atoms with E-state index in [0.29, 0.717) is 13.1 Å². The van der Waals surface area contributed by atoms with E-state index in [0.717, 1.165) is 16.8 Å². The second-order valence-corrected chi connectivity index (χ2v) is 4.32. The normalized spacial score (nSPS) is 9.83. The van der Waals surface area contributed by atoms with Crippen molar-refractivity contribution in [3.63, 3.8) is 0 Å². The predicted molar refractivity (Wildman–Crippen MR) is 74.3 cm³/mol. The Morgan fingerprint density at radius 1 is 1.44 bits per heavy atom. The largest absolute Gasteiger partial charge is 0.325 e. The molecule has 0 saturated carbocycles. The Bertz CT molecular complexity index is 484. The fourth-order valence-corrected chi connectivity index (χ4v) is 1.47. The highest BCUT2D eigenvalue weighted by atomic mass is 16.2. The van der Waals surface area contributed by atoms with Crippen molar-refractivity contribution in [1.82, 2.24) is 4.90 Å². The van der Waals surface area contributed by atoms with Crippen molar-refractivity contribution in [2.75, 3.05) is 32.5 Å². The molecule has 4 heteroatoms. The van der Waals surface area contributed by atoms with E-state index in [9.17, 15) is 4.79 Å². The van der Waals surface area contributed by atoms with Crippen LogP contribution in [0.2, 0.25) is 0 Å². The van der Waals surface area contributed by atoms with E-state index in [1.54, 1.807) is 0 Å². The number of nitrogens with one attached hydrogen (secondary N) is 1. The van der Waals surface area contributed by atoms with Gasteiger partial charge in [-0.3, -0.25) is 4.79 Å². The maximum Gasteiger partial charge on any atom is 0.238 e. The van der Waals surface area contributed by atoms with Gasteiger partial charge in [0.25, 0.3) is 0 Å². The summed E-state index contributed by atoms with van der Waals surface area (Å²) >= 11 is 0. The number of rotatable bonds is 3. The Morgan fingerprint density at radius 3 is 2.78 bits per heavy atom. The molecule has 0 aliphatic carbocycles. The monoisotopic (exact) mass is 245 g/mol. The van der Waals surface area contributed by atoms with Gasteiger partial charge in [0.15, 0.2) is 0 Å². The van der Waals surface area contributed by atoms with Crippen LogP contribution in [0, 0.1) is 18.8 Å². The molecule has 0 atom stereocenters. The van der Waals surface area contributed by atoms with Crippen molar-refractivity contribution in [1.29, 1.82) is 0 Å². The number of benzene rings is 1. The molecular formula is C14H19N3O. The van der Waals surface area contributed by atoms with Crippen LogP contribution in [0.3, 0.4) is 0 Å². The lowest BCUT2D eigenvalue weighted by Crippen LogP contribution is -2.27. The lowest BCUT2D eigenvalue weighted by atomic mass is 10.1. The molecule has 0 aliphatic heterocycles. The minimum absolute atomic E-state index is 0.0402. The molecule has 0 spiro atoms. The van der Waals surface area contributed by atoms with Crippen LogP contribution in [0.15, 0.2) is 18.2 Å². The van der Waals surface area contributed by atoms with Crippen molar-refractivity contribution in [3.05, 3.63) is 29.3 Å². The lowest BCUT2D eigenvalue weighted by Gasteiger charge is -2.10. The Kier molecular flexibility index (Phi) is 5.37. The lowest BCUT2D eigenvalue weighted by molar-refractivity contribution is -0.116. The van der Waals surface area contributed by atoms with Crippen molar-refractivity contribution >= 4 is 11.6 Å². The van der Waals surface area contributed by atoms with Crippen LogP contribution >= 0.6 is 0 Å². The summed E-state index contributed by atoms with van der Waals surface area (Å²) in [7, 11) is 3.71. The minimum atomic E-state index is -0.0402. The average Bonchev–Trinajstić information content (AvgIpc) is 2.28. The SMILES string of the molecule is Cc1ccc(NC(=O)CN(C)C)cc1C#CCN. The number of nitrogens with two attached hydrogens (primary N) is 1. The van der Waals surface area contributed by atoms with E-state index < -0.39 is 0 Å². The number of likely N-dealkylation sites (N-methyl/N-ethyl adjacent to an activating group) is 1. The third-order valence-corrected chi connectivity index (χ3v) is 2.31. The molecule has 0 radical (unpaired) electrons. The van der Waals surface area contributed by atoms with Crippen molar-refractivity contribution in [3.8, 4) is 11.8 Å². The Balaban J connectivity index is 2.82. The van der Waals surface area contributed by atoms with Crippen LogP contribution in [0.1, 0.15) is 11.1 Å². The Hall–Kier alpha value is -1.83. The first kappa shape index (κ1) is 14.2. The fourth-order valence-electron chi connectivity index (χ4n) is 1.47. The molecule has 0 aliphatic rings. The maximum absolute atomic E-state index is 11.6. The highest BCUT2D eigenvalue weighted by Crippen LogP contribution is 2.14. The standard InChI is InChI=1S/C14H19N3O/c1-11-6-7-13(9-12(11)5-4-8-15)16-14(18)10-17(2)3/h6-7,9H,8,10,15H2,1-3H3,(H,16,18). The van der Waals surface area contributed by atoms with Gasteiger partial charge in [-0.1, -0.05) is 17.9 Å². The number of nitrogens with zero attached hydrogens (tertiary/aromatic N) is 1. The Morgan fingerprint density at radius 2 is 2.17 bits per heavy atom. The average molecular weight is 245 g/mol. The summed E-state index contributed by atoms with van der Waals surface area (Å²) in [4.78, 5) is 13.4. The molecule has 1 rings (SSSR count). The van der Waals surface area contributed by atoms with E-state index in [2.05, 4.69) is 17.2 Å². The van der Waals surface area contributed by atoms with Crippen molar-refractivity contribution in [2.24, 2.45) is 5.73 Å². The molecule has 1 aromatic carbocycles. The number of carbonyl (C=O) groups is 1. The van der Waals surface area contributed by atoms with Gasteiger partial charge >= 0.3 is 0 Å². The van der Waals surface area contributed by atoms with Gasteiger partial charge in [-0.2, -0.15) is 0 Å². The van der Waals surface area contributed by atoms with Crippen LogP contribution in [-0.4, -0.2) is 38.0 Å². The van der Waals surface area contributed by atoms with Gasteiger partial charge in [0.2, 0.25) is 5.91 Å². The summed E-state index contributed by atoms with van der Waals surface area (Å²) in [6, 6.07) is 5.67. The van der Waals surface area contributed by atoms with Gasteiger partial charge in [-0.25, -0.2) is 0 Å². The zero-order valence-electron chi connectivity index (χ0n) is 11.1. The summed E-state index contributed by atoms with van der Waals surface area (Å²) in [5.74, 6) is 5.77. The molecule has 18 heavy (non-hydrogen) atoms. The summed E-state index contributed by atoms with van der Waals surface area (Å²) < 4.78 is 0. The quantitative estimate of drug-likeness (QED) is 0.775. The Labute approximate surface area is 108 Å². The molecule has 4 nitrogen and oxygen atoms in total. The van der Waals surface area contributed by atoms with Crippen LogP contribution in [0.25, 0.3) is 0 Å². The third kappa shape index (κ3) is 4.58. The second-order valence-electron chi connectivity index (χ2n) is 4.32. The third-order valence-electron chi connectivity index (χ3n) is 2.31. The number of carbonyl (C=O) groups excluding carboxylic acids is 1. The number of hydrogen-bond acceptors (Lipinski definition) is 3. The van der Waals surface area contributed by atoms with Gasteiger partial charge < -0.3 is 16.0 Å². The molecule has 0 unspecified atom stereocenters. The van der Waals surface area contributed by atoms with E-state index in [4.69, 9.17) is 5.73 Å². The first-order chi connectivity index (χ1) is 8.52. The molecule has 96 valence electrons. The van der Waals surface area contributed by atoms with Crippen molar-refractivity contribution < 1.29 is 4.79 Å².